The van der Waals surface area contributed by atoms with Crippen molar-refractivity contribution in [3.63, 3.8) is 0 Å². The van der Waals surface area contributed by atoms with Crippen LogP contribution < -0.4 is 0 Å². The molecule has 0 aliphatic carbocycles. The molecular weight excluding hydrogens is 236 g/mol. The van der Waals surface area contributed by atoms with E-state index in [0.29, 0.717) is 0 Å². The normalized spacial score (nSPS) is 8.09. The van der Waals surface area contributed by atoms with E-state index >= 15 is 0 Å². The Labute approximate surface area is 91.6 Å². The summed E-state index contributed by atoms with van der Waals surface area (Å²) in [7, 11) is 5.69. The van der Waals surface area contributed by atoms with Crippen LogP contribution in [0.2, 0.25) is 4.55 Å². The minimum Gasteiger partial charge on any atom is -0.346 e. The van der Waals surface area contributed by atoms with Crippen LogP contribution in [0.25, 0.3) is 0 Å². The van der Waals surface area contributed by atoms with Gasteiger partial charge in [-0.3, -0.25) is 0 Å². The topological polar surface area (TPSA) is 0 Å². The lowest BCUT2D eigenvalue weighted by atomic mass is 10.2. The highest BCUT2D eigenvalue weighted by atomic mass is 79.9. The Bertz CT molecular complexity index is 179. The molecule has 1 rings (SSSR count). The van der Waals surface area contributed by atoms with E-state index in [1.807, 2.05) is 6.07 Å². The van der Waals surface area contributed by atoms with Gasteiger partial charge in [0.2, 0.25) is 0 Å². The van der Waals surface area contributed by atoms with Gasteiger partial charge in [0.15, 0.2) is 0 Å². The third kappa shape index (κ3) is 5.07. The summed E-state index contributed by atoms with van der Waals surface area (Å²) in [4.78, 5) is 0. The van der Waals surface area contributed by atoms with Crippen LogP contribution in [0.15, 0.2) is 30.3 Å². The predicted molar refractivity (Wildman–Crippen MR) is 56.9 cm³/mol. The Morgan fingerprint density at radius 1 is 1.18 bits per heavy atom. The fourth-order valence-electron chi connectivity index (χ4n) is 0.916. The van der Waals surface area contributed by atoms with E-state index in [-0.39, 0.29) is 36.2 Å². The standard InChI is InChI=1S/C8H9.BrH.ClH.Mg/c1-2-8-6-4-3-5-7-8;;;/h3-7H,1-2H2;2*1H;/q;;;+1/p-1. The monoisotopic (exact) mass is 244 g/mol. The maximum Gasteiger partial charge on any atom is 0.501 e. The minimum absolute atomic E-state index is 0. The first-order valence-electron chi connectivity index (χ1n) is 3.53. The van der Waals surface area contributed by atoms with Crippen LogP contribution >= 0.6 is 26.1 Å². The third-order valence-electron chi connectivity index (χ3n) is 1.44. The van der Waals surface area contributed by atoms with Crippen LogP contribution in [0.4, 0.5) is 0 Å². The van der Waals surface area contributed by atoms with Crippen molar-refractivity contribution in [3.8, 4) is 0 Å². The molecule has 0 unspecified atom stereocenters. The second kappa shape index (κ2) is 7.41. The van der Waals surface area contributed by atoms with Gasteiger partial charge in [0.1, 0.15) is 0 Å². The second-order valence-corrected chi connectivity index (χ2v) is 4.50. The first-order valence-corrected chi connectivity index (χ1v) is 6.67. The summed E-state index contributed by atoms with van der Waals surface area (Å²) >= 11 is -0.258. The number of aryl methyl sites for hydroxylation is 1. The Kier molecular flexibility index (Phi) is 7.92. The van der Waals surface area contributed by atoms with Crippen LogP contribution in [0.5, 0.6) is 0 Å². The lowest BCUT2D eigenvalue weighted by Crippen LogP contribution is -1.85. The molecule has 0 radical (unpaired) electrons. The second-order valence-electron chi connectivity index (χ2n) is 2.28. The summed E-state index contributed by atoms with van der Waals surface area (Å²) in [5, 5.41) is 0. The summed E-state index contributed by atoms with van der Waals surface area (Å²) in [6.07, 6.45) is 1.16. The van der Waals surface area contributed by atoms with E-state index in [1.165, 1.54) is 10.1 Å². The van der Waals surface area contributed by atoms with Crippen molar-refractivity contribution in [2.24, 2.45) is 0 Å². The van der Waals surface area contributed by atoms with Crippen molar-refractivity contribution < 1.29 is 0 Å². The summed E-state index contributed by atoms with van der Waals surface area (Å²) in [5.41, 5.74) is 1.41. The number of hydrogen-bond acceptors (Lipinski definition) is 0. The highest BCUT2D eigenvalue weighted by molar-refractivity contribution is 8.93. The van der Waals surface area contributed by atoms with E-state index in [2.05, 4.69) is 24.3 Å². The van der Waals surface area contributed by atoms with Gasteiger partial charge < -0.3 is 9.07 Å². The van der Waals surface area contributed by atoms with Crippen LogP contribution in [0.3, 0.4) is 0 Å². The summed E-state index contributed by atoms with van der Waals surface area (Å²) in [5.74, 6) is 0. The van der Waals surface area contributed by atoms with Crippen molar-refractivity contribution >= 4 is 45.3 Å². The number of halogens is 2. The highest BCUT2D eigenvalue weighted by Crippen LogP contribution is 2.02. The average Bonchev–Trinajstić information content (AvgIpc) is 2.03. The first kappa shape index (κ1) is 11.8. The fourth-order valence-corrected chi connectivity index (χ4v) is 1.86. The molecule has 3 heteroatoms. The molecule has 58 valence electrons. The molecule has 0 aromatic heterocycles. The number of rotatable bonds is 3. The fraction of sp³-hybridized carbons (Fsp3) is 0.250. The quantitative estimate of drug-likeness (QED) is 0.718. The van der Waals surface area contributed by atoms with Crippen LogP contribution in [0, 0.1) is 0 Å². The molecular formula is C8H10BrClMg. The van der Waals surface area contributed by atoms with Crippen molar-refractivity contribution in [1.82, 2.24) is 0 Å². The van der Waals surface area contributed by atoms with Gasteiger partial charge >= 0.3 is 19.3 Å². The van der Waals surface area contributed by atoms with Crippen molar-refractivity contribution in [1.29, 1.82) is 0 Å². The number of hydrogen-bond donors (Lipinski definition) is 0. The Morgan fingerprint density at radius 2 is 1.82 bits per heavy atom. The highest BCUT2D eigenvalue weighted by Gasteiger charge is 1.92. The van der Waals surface area contributed by atoms with Crippen molar-refractivity contribution in [3.05, 3.63) is 35.9 Å². The zero-order valence-corrected chi connectivity index (χ0v) is 10.2. The summed E-state index contributed by atoms with van der Waals surface area (Å²) in [6, 6.07) is 10.5. The van der Waals surface area contributed by atoms with Gasteiger partial charge in [-0.1, -0.05) is 35.9 Å². The zero-order valence-electron chi connectivity index (χ0n) is 6.29. The van der Waals surface area contributed by atoms with E-state index in [4.69, 9.17) is 9.07 Å². The molecule has 0 heterocycles. The minimum atomic E-state index is -0.258. The molecule has 0 saturated carbocycles. The third-order valence-corrected chi connectivity index (χ3v) is 2.86. The molecule has 0 bridgehead atoms. The van der Waals surface area contributed by atoms with Crippen molar-refractivity contribution in [2.45, 2.75) is 11.0 Å². The molecule has 0 aliphatic rings. The van der Waals surface area contributed by atoms with Gasteiger partial charge in [-0.2, -0.15) is 0 Å². The first-order chi connectivity index (χ1) is 4.93. The van der Waals surface area contributed by atoms with E-state index < -0.39 is 0 Å². The van der Waals surface area contributed by atoms with Crippen LogP contribution in [0.1, 0.15) is 5.56 Å². The SMILES string of the molecule is Br.[Cl][Mg][CH2]Cc1ccccc1. The van der Waals surface area contributed by atoms with Gasteiger partial charge in [-0.15, -0.1) is 21.5 Å². The Balaban J connectivity index is 0.000001000. The Morgan fingerprint density at radius 3 is 2.36 bits per heavy atom. The average molecular weight is 246 g/mol. The van der Waals surface area contributed by atoms with Gasteiger partial charge in [0.25, 0.3) is 0 Å². The zero-order chi connectivity index (χ0) is 7.23. The molecule has 0 nitrogen and oxygen atoms in total. The van der Waals surface area contributed by atoms with Gasteiger partial charge in [0.05, 0.1) is 0 Å². The molecule has 0 amide bonds. The predicted octanol–water partition coefficient (Wildman–Crippen LogP) is 3.08. The van der Waals surface area contributed by atoms with Crippen molar-refractivity contribution in [2.75, 3.05) is 0 Å². The van der Waals surface area contributed by atoms with Gasteiger partial charge in [0, 0.05) is 0 Å². The van der Waals surface area contributed by atoms with Gasteiger partial charge in [-0.25, -0.2) is 0 Å². The number of benzene rings is 1. The molecule has 0 atom stereocenters. The van der Waals surface area contributed by atoms with Crippen LogP contribution in [-0.4, -0.2) is 19.3 Å². The molecule has 0 spiro atoms. The molecule has 1 aromatic rings. The lowest BCUT2D eigenvalue weighted by Gasteiger charge is -1.95. The molecule has 1 aromatic carbocycles. The van der Waals surface area contributed by atoms with Crippen LogP contribution in [-0.2, 0) is 6.42 Å². The maximum atomic E-state index is 5.69. The lowest BCUT2D eigenvalue weighted by molar-refractivity contribution is 1.13. The molecule has 0 saturated heterocycles. The van der Waals surface area contributed by atoms with E-state index in [9.17, 15) is 0 Å². The van der Waals surface area contributed by atoms with Gasteiger partial charge in [-0.05, 0) is 6.42 Å². The largest absolute Gasteiger partial charge is 0.501 e. The molecule has 0 N–H and O–H groups in total. The molecule has 0 fully saturated rings. The maximum absolute atomic E-state index is 5.69. The summed E-state index contributed by atoms with van der Waals surface area (Å²) in [6.45, 7) is 0. The van der Waals surface area contributed by atoms with E-state index in [0.717, 1.165) is 6.42 Å². The summed E-state index contributed by atoms with van der Waals surface area (Å²) < 4.78 is 1.21. The smallest absolute Gasteiger partial charge is 0.346 e. The molecule has 11 heavy (non-hydrogen) atoms. The Hall–Kier alpha value is 0.756. The molecule has 0 aliphatic heterocycles. The van der Waals surface area contributed by atoms with E-state index in [1.54, 1.807) is 0 Å².